The van der Waals surface area contributed by atoms with Gasteiger partial charge < -0.3 is 4.52 Å². The molecule has 2 aromatic rings. The van der Waals surface area contributed by atoms with Gasteiger partial charge >= 0.3 is 0 Å². The molecule has 0 spiro atoms. The van der Waals surface area contributed by atoms with Crippen LogP contribution in [-0.4, -0.2) is 5.16 Å². The van der Waals surface area contributed by atoms with Gasteiger partial charge in [0, 0.05) is 23.1 Å². The number of nitrogens with zero attached hydrogens (tertiary/aromatic N) is 1. The molecule has 0 aliphatic heterocycles. The van der Waals surface area contributed by atoms with Crippen molar-refractivity contribution in [2.45, 2.75) is 39.5 Å². The molecule has 0 unspecified atom stereocenters. The van der Waals surface area contributed by atoms with E-state index >= 15 is 0 Å². The number of hydrogen-bond acceptors (Lipinski definition) is 2. The minimum absolute atomic E-state index is 0.0213. The van der Waals surface area contributed by atoms with Crippen molar-refractivity contribution >= 4 is 0 Å². The Hall–Kier alpha value is -1.85. The van der Waals surface area contributed by atoms with Gasteiger partial charge in [0.25, 0.3) is 0 Å². The van der Waals surface area contributed by atoms with Crippen molar-refractivity contribution in [2.24, 2.45) is 0 Å². The smallest absolute Gasteiger partial charge is 0.198 e. The molecule has 2 nitrogen and oxygen atoms in total. The van der Waals surface area contributed by atoms with Crippen LogP contribution < -0.4 is 0 Å². The second kappa shape index (κ2) is 5.50. The third-order valence-electron chi connectivity index (χ3n) is 3.23. The van der Waals surface area contributed by atoms with Crippen molar-refractivity contribution in [2.75, 3.05) is 0 Å². The van der Waals surface area contributed by atoms with Gasteiger partial charge in [-0.15, -0.1) is 0 Å². The van der Waals surface area contributed by atoms with Gasteiger partial charge in [-0.3, -0.25) is 0 Å². The Bertz CT molecular complexity index is 677. The monoisotopic (exact) mass is 301 g/mol. The van der Waals surface area contributed by atoms with Crippen molar-refractivity contribution in [3.63, 3.8) is 0 Å². The van der Waals surface area contributed by atoms with Crippen molar-refractivity contribution in [1.82, 2.24) is 5.16 Å². The maximum Gasteiger partial charge on any atom is 0.198 e. The largest absolute Gasteiger partial charge is 0.361 e. The zero-order valence-corrected chi connectivity index (χ0v) is 12.1. The van der Waals surface area contributed by atoms with E-state index in [1.165, 1.54) is 6.07 Å². The second-order valence-corrected chi connectivity index (χ2v) is 5.47. The Morgan fingerprint density at radius 3 is 1.90 bits per heavy atom. The predicted molar refractivity (Wildman–Crippen MR) is 69.9 cm³/mol. The van der Waals surface area contributed by atoms with Crippen LogP contribution in [0.5, 0.6) is 0 Å². The zero-order chi connectivity index (χ0) is 15.9. The maximum absolute atomic E-state index is 14.1. The molecule has 114 valence electrons. The topological polar surface area (TPSA) is 26.0 Å². The highest BCUT2D eigenvalue weighted by Gasteiger charge is 2.29. The molecule has 0 amide bonds. The van der Waals surface area contributed by atoms with Gasteiger partial charge in [-0.1, -0.05) is 32.9 Å². The molecule has 0 saturated carbocycles. The van der Waals surface area contributed by atoms with Crippen LogP contribution in [0.4, 0.5) is 17.6 Å². The summed E-state index contributed by atoms with van der Waals surface area (Å²) in [4.78, 5) is 0. The van der Waals surface area contributed by atoms with Crippen LogP contribution in [0.15, 0.2) is 10.6 Å². The molecule has 0 aliphatic carbocycles. The summed E-state index contributed by atoms with van der Waals surface area (Å²) in [6, 6.07) is 1.41. The molecule has 21 heavy (non-hydrogen) atoms. The fourth-order valence-corrected chi connectivity index (χ4v) is 2.12. The van der Waals surface area contributed by atoms with Crippen molar-refractivity contribution < 1.29 is 22.1 Å². The van der Waals surface area contributed by atoms with Crippen LogP contribution in [-0.2, 0) is 0 Å². The molecule has 0 atom stereocenters. The summed E-state index contributed by atoms with van der Waals surface area (Å²) in [5.41, 5.74) is -0.690. The first-order valence-corrected chi connectivity index (χ1v) is 6.58. The molecule has 0 saturated heterocycles. The lowest BCUT2D eigenvalue weighted by atomic mass is 9.93. The van der Waals surface area contributed by atoms with Gasteiger partial charge in [-0.2, -0.15) is 0 Å². The lowest BCUT2D eigenvalue weighted by Crippen LogP contribution is -2.07. The SMILES string of the molecule is CC(C)c1cc(-c2c(F)c(F)c(F)c(F)c2C(C)C)no1. The van der Waals surface area contributed by atoms with Crippen molar-refractivity contribution in [3.05, 3.63) is 40.7 Å². The minimum atomic E-state index is -1.85. The molecule has 6 heteroatoms. The van der Waals surface area contributed by atoms with Gasteiger partial charge in [-0.05, 0) is 5.92 Å². The summed E-state index contributed by atoms with van der Waals surface area (Å²) in [6.07, 6.45) is 0. The lowest BCUT2D eigenvalue weighted by molar-refractivity contribution is 0.371. The predicted octanol–water partition coefficient (Wildman–Crippen LogP) is 5.14. The molecule has 0 aliphatic rings. The van der Waals surface area contributed by atoms with E-state index in [1.54, 1.807) is 13.8 Å². The van der Waals surface area contributed by atoms with E-state index in [-0.39, 0.29) is 17.2 Å². The van der Waals surface area contributed by atoms with Crippen LogP contribution in [0.3, 0.4) is 0 Å². The molecule has 0 fully saturated rings. The van der Waals surface area contributed by atoms with Crippen LogP contribution >= 0.6 is 0 Å². The Kier molecular flexibility index (Phi) is 4.07. The van der Waals surface area contributed by atoms with E-state index in [2.05, 4.69) is 5.16 Å². The van der Waals surface area contributed by atoms with Gasteiger partial charge in [0.1, 0.15) is 11.5 Å². The quantitative estimate of drug-likeness (QED) is 0.445. The van der Waals surface area contributed by atoms with Gasteiger partial charge in [-0.25, -0.2) is 17.6 Å². The summed E-state index contributed by atoms with van der Waals surface area (Å²) in [6.45, 7) is 6.77. The van der Waals surface area contributed by atoms with Gasteiger partial charge in [0.15, 0.2) is 23.3 Å². The Balaban J connectivity index is 2.77. The third-order valence-corrected chi connectivity index (χ3v) is 3.23. The first-order valence-electron chi connectivity index (χ1n) is 6.58. The standard InChI is InChI=1S/C15H15F4NO/c1-6(2)9-5-8(20-21-9)11-10(7(3)4)12(16)14(18)15(19)13(11)17/h5-7H,1-4H3. The summed E-state index contributed by atoms with van der Waals surface area (Å²) < 4.78 is 60.0. The highest BCUT2D eigenvalue weighted by molar-refractivity contribution is 5.66. The molecule has 2 rings (SSSR count). The Morgan fingerprint density at radius 1 is 0.857 bits per heavy atom. The molecular formula is C15H15F4NO. The van der Waals surface area contributed by atoms with Crippen molar-refractivity contribution in [1.29, 1.82) is 0 Å². The van der Waals surface area contributed by atoms with E-state index in [9.17, 15) is 17.6 Å². The number of benzene rings is 1. The summed E-state index contributed by atoms with van der Waals surface area (Å²) >= 11 is 0. The van der Waals surface area contributed by atoms with E-state index in [4.69, 9.17) is 4.52 Å². The van der Waals surface area contributed by atoms with Crippen LogP contribution in [0.25, 0.3) is 11.3 Å². The third kappa shape index (κ3) is 2.54. The van der Waals surface area contributed by atoms with Crippen LogP contribution in [0.2, 0.25) is 0 Å². The number of halogens is 4. The molecule has 1 aromatic heterocycles. The van der Waals surface area contributed by atoms with E-state index in [0.29, 0.717) is 5.76 Å². The second-order valence-electron chi connectivity index (χ2n) is 5.47. The lowest BCUT2D eigenvalue weighted by Gasteiger charge is -2.14. The minimum Gasteiger partial charge on any atom is -0.361 e. The molecule has 0 bridgehead atoms. The number of rotatable bonds is 3. The van der Waals surface area contributed by atoms with E-state index in [1.807, 2.05) is 13.8 Å². The number of hydrogen-bond donors (Lipinski definition) is 0. The summed E-state index contributed by atoms with van der Waals surface area (Å²) in [5.74, 6) is -6.64. The average Bonchev–Trinajstić information content (AvgIpc) is 2.89. The normalized spacial score (nSPS) is 11.7. The molecule has 1 aromatic carbocycles. The fraction of sp³-hybridized carbons (Fsp3) is 0.400. The highest BCUT2D eigenvalue weighted by Crippen LogP contribution is 2.37. The fourth-order valence-electron chi connectivity index (χ4n) is 2.12. The molecule has 0 N–H and O–H groups in total. The van der Waals surface area contributed by atoms with E-state index < -0.39 is 34.8 Å². The zero-order valence-electron chi connectivity index (χ0n) is 12.1. The van der Waals surface area contributed by atoms with Crippen molar-refractivity contribution in [3.8, 4) is 11.3 Å². The summed E-state index contributed by atoms with van der Waals surface area (Å²) in [7, 11) is 0. The number of aromatic nitrogens is 1. The first kappa shape index (κ1) is 15.5. The van der Waals surface area contributed by atoms with Gasteiger partial charge in [0.2, 0.25) is 0 Å². The summed E-state index contributed by atoms with van der Waals surface area (Å²) in [5, 5.41) is 3.65. The Morgan fingerprint density at radius 2 is 1.43 bits per heavy atom. The first-order chi connectivity index (χ1) is 9.75. The van der Waals surface area contributed by atoms with Crippen LogP contribution in [0.1, 0.15) is 50.9 Å². The van der Waals surface area contributed by atoms with Gasteiger partial charge in [0.05, 0.1) is 0 Å². The maximum atomic E-state index is 14.1. The van der Waals surface area contributed by atoms with E-state index in [0.717, 1.165) is 0 Å². The molecule has 0 radical (unpaired) electrons. The van der Waals surface area contributed by atoms with Crippen LogP contribution in [0, 0.1) is 23.3 Å². The Labute approximate surface area is 119 Å². The molecular weight excluding hydrogens is 286 g/mol. The average molecular weight is 301 g/mol. The highest BCUT2D eigenvalue weighted by atomic mass is 19.2. The molecule has 1 heterocycles.